The molecule has 0 bridgehead atoms. The third-order valence-corrected chi connectivity index (χ3v) is 5.49. The lowest BCUT2D eigenvalue weighted by Crippen LogP contribution is -2.02. The molecule has 0 aliphatic heterocycles. The number of carbonyl (C=O) groups excluding carboxylic acids is 1. The molecular weight excluding hydrogens is 567 g/mol. The van der Waals surface area contributed by atoms with Crippen LogP contribution in [0.4, 0.5) is 0 Å². The van der Waals surface area contributed by atoms with E-state index in [0.29, 0.717) is 31.9 Å². The number of hydrogen-bond acceptors (Lipinski definition) is 4. The van der Waals surface area contributed by atoms with Crippen LogP contribution in [-0.2, 0) is 4.74 Å². The van der Waals surface area contributed by atoms with Gasteiger partial charge in [-0.05, 0) is 84.6 Å². The molecule has 134 valence electrons. The molecule has 0 saturated heterocycles. The van der Waals surface area contributed by atoms with Crippen molar-refractivity contribution in [3.05, 3.63) is 47.9 Å². The lowest BCUT2D eigenvalue weighted by Gasteiger charge is -2.17. The molecule has 0 radical (unpaired) electrons. The number of ether oxygens (including phenoxy) is 3. The summed E-state index contributed by atoms with van der Waals surface area (Å²) in [7, 11) is 3.02. The summed E-state index contributed by atoms with van der Waals surface area (Å²) in [6.45, 7) is 4.21. The lowest BCUT2D eigenvalue weighted by atomic mass is 10.0. The Bertz CT molecular complexity index is 783. The number of esters is 1. The van der Waals surface area contributed by atoms with E-state index in [1.54, 1.807) is 19.2 Å². The predicted molar refractivity (Wildman–Crippen MR) is 113 cm³/mol. The Hall–Kier alpha value is -0.800. The SMILES string of the molecule is COC(=O)c1cc(Br)c(Oc2cc(I)c(OC)c(C(C)C)c2)c(Br)c1. The van der Waals surface area contributed by atoms with Gasteiger partial charge in [0.25, 0.3) is 0 Å². The molecule has 0 atom stereocenters. The summed E-state index contributed by atoms with van der Waals surface area (Å²) in [4.78, 5) is 11.7. The van der Waals surface area contributed by atoms with Crippen molar-refractivity contribution in [2.75, 3.05) is 14.2 Å². The molecule has 0 aliphatic rings. The number of carbonyl (C=O) groups is 1. The first-order valence-electron chi connectivity index (χ1n) is 7.41. The highest BCUT2D eigenvalue weighted by Crippen LogP contribution is 2.41. The van der Waals surface area contributed by atoms with Crippen LogP contribution in [-0.4, -0.2) is 20.2 Å². The van der Waals surface area contributed by atoms with E-state index in [2.05, 4.69) is 68.3 Å². The quantitative estimate of drug-likeness (QED) is 0.297. The lowest BCUT2D eigenvalue weighted by molar-refractivity contribution is 0.0600. The second kappa shape index (κ2) is 8.73. The van der Waals surface area contributed by atoms with Gasteiger partial charge in [-0.3, -0.25) is 0 Å². The van der Waals surface area contributed by atoms with E-state index in [9.17, 15) is 4.79 Å². The molecule has 0 aromatic heterocycles. The fourth-order valence-electron chi connectivity index (χ4n) is 2.30. The van der Waals surface area contributed by atoms with E-state index < -0.39 is 5.97 Å². The number of halogens is 3. The van der Waals surface area contributed by atoms with Gasteiger partial charge in [0, 0.05) is 5.56 Å². The smallest absolute Gasteiger partial charge is 0.337 e. The fourth-order valence-corrected chi connectivity index (χ4v) is 4.49. The van der Waals surface area contributed by atoms with E-state index in [1.165, 1.54) is 7.11 Å². The van der Waals surface area contributed by atoms with Gasteiger partial charge in [-0.15, -0.1) is 0 Å². The normalized spacial score (nSPS) is 10.7. The monoisotopic (exact) mass is 582 g/mol. The van der Waals surface area contributed by atoms with Gasteiger partial charge in [0.05, 0.1) is 32.3 Å². The van der Waals surface area contributed by atoms with Crippen molar-refractivity contribution in [1.29, 1.82) is 0 Å². The molecule has 0 heterocycles. The van der Waals surface area contributed by atoms with Gasteiger partial charge in [-0.2, -0.15) is 0 Å². The first-order valence-corrected chi connectivity index (χ1v) is 10.1. The molecule has 0 aliphatic carbocycles. The van der Waals surface area contributed by atoms with Gasteiger partial charge in [-0.1, -0.05) is 13.8 Å². The standard InChI is InChI=1S/C18H17Br2IO4/c1-9(2)12-7-11(8-15(21)16(12)23-3)25-17-13(19)5-10(6-14(17)20)18(22)24-4/h5-9H,1-4H3. The highest BCUT2D eigenvalue weighted by atomic mass is 127. The molecule has 2 aromatic carbocycles. The number of rotatable bonds is 5. The molecule has 0 amide bonds. The Kier molecular flexibility index (Phi) is 7.16. The number of methoxy groups -OCH3 is 2. The van der Waals surface area contributed by atoms with E-state index in [0.717, 1.165) is 14.9 Å². The van der Waals surface area contributed by atoms with Gasteiger partial charge < -0.3 is 14.2 Å². The van der Waals surface area contributed by atoms with Crippen molar-refractivity contribution < 1.29 is 19.0 Å². The maximum absolute atomic E-state index is 11.7. The summed E-state index contributed by atoms with van der Waals surface area (Å²) < 4.78 is 18.6. The summed E-state index contributed by atoms with van der Waals surface area (Å²) >= 11 is 9.15. The Labute approximate surface area is 177 Å². The Morgan fingerprint density at radius 2 is 1.64 bits per heavy atom. The van der Waals surface area contributed by atoms with Crippen LogP contribution >= 0.6 is 54.5 Å². The van der Waals surface area contributed by atoms with Crippen LogP contribution < -0.4 is 9.47 Å². The minimum atomic E-state index is -0.408. The molecule has 2 rings (SSSR count). The molecule has 0 spiro atoms. The van der Waals surface area contributed by atoms with E-state index >= 15 is 0 Å². The van der Waals surface area contributed by atoms with Gasteiger partial charge in [0.1, 0.15) is 11.5 Å². The molecule has 0 N–H and O–H groups in total. The van der Waals surface area contributed by atoms with Crippen LogP contribution in [0, 0.1) is 3.57 Å². The van der Waals surface area contributed by atoms with E-state index in [4.69, 9.17) is 14.2 Å². The predicted octanol–water partition coefficient (Wildman–Crippen LogP) is 6.53. The summed E-state index contributed by atoms with van der Waals surface area (Å²) in [5, 5.41) is 0. The molecule has 0 saturated carbocycles. The third-order valence-electron chi connectivity index (χ3n) is 3.51. The van der Waals surface area contributed by atoms with Gasteiger partial charge >= 0.3 is 5.97 Å². The van der Waals surface area contributed by atoms with Crippen LogP contribution in [0.2, 0.25) is 0 Å². The molecule has 0 fully saturated rings. The number of benzene rings is 2. The first kappa shape index (κ1) is 20.5. The maximum Gasteiger partial charge on any atom is 0.337 e. The Morgan fingerprint density at radius 1 is 1.04 bits per heavy atom. The third kappa shape index (κ3) is 4.68. The molecule has 4 nitrogen and oxygen atoms in total. The minimum absolute atomic E-state index is 0.292. The second-order valence-electron chi connectivity index (χ2n) is 5.54. The van der Waals surface area contributed by atoms with Crippen molar-refractivity contribution in [2.24, 2.45) is 0 Å². The van der Waals surface area contributed by atoms with Crippen LogP contribution in [0.1, 0.15) is 35.7 Å². The summed E-state index contributed by atoms with van der Waals surface area (Å²) in [6.07, 6.45) is 0. The van der Waals surface area contributed by atoms with Crippen LogP contribution in [0.25, 0.3) is 0 Å². The Morgan fingerprint density at radius 3 is 2.12 bits per heavy atom. The van der Waals surface area contributed by atoms with Gasteiger partial charge in [0.2, 0.25) is 0 Å². The average Bonchev–Trinajstić information content (AvgIpc) is 2.56. The van der Waals surface area contributed by atoms with Crippen molar-refractivity contribution in [2.45, 2.75) is 19.8 Å². The van der Waals surface area contributed by atoms with Crippen LogP contribution in [0.5, 0.6) is 17.2 Å². The summed E-state index contributed by atoms with van der Waals surface area (Å²) in [5.41, 5.74) is 1.50. The van der Waals surface area contributed by atoms with E-state index in [-0.39, 0.29) is 0 Å². The average molecular weight is 584 g/mol. The maximum atomic E-state index is 11.7. The van der Waals surface area contributed by atoms with Gasteiger partial charge in [-0.25, -0.2) is 4.79 Å². The van der Waals surface area contributed by atoms with Crippen LogP contribution in [0.15, 0.2) is 33.2 Å². The first-order chi connectivity index (χ1) is 11.8. The van der Waals surface area contributed by atoms with E-state index in [1.807, 2.05) is 12.1 Å². The van der Waals surface area contributed by atoms with Gasteiger partial charge in [0.15, 0.2) is 5.75 Å². The second-order valence-corrected chi connectivity index (χ2v) is 8.42. The highest BCUT2D eigenvalue weighted by Gasteiger charge is 2.17. The fraction of sp³-hybridized carbons (Fsp3) is 0.278. The largest absolute Gasteiger partial charge is 0.495 e. The van der Waals surface area contributed by atoms with Crippen molar-refractivity contribution in [1.82, 2.24) is 0 Å². The number of hydrogen-bond donors (Lipinski definition) is 0. The minimum Gasteiger partial charge on any atom is -0.495 e. The zero-order valence-corrected chi connectivity index (χ0v) is 19.5. The highest BCUT2D eigenvalue weighted by molar-refractivity contribution is 14.1. The van der Waals surface area contributed by atoms with Crippen molar-refractivity contribution >= 4 is 60.4 Å². The molecular formula is C18H17Br2IO4. The van der Waals surface area contributed by atoms with Crippen molar-refractivity contribution in [3.63, 3.8) is 0 Å². The molecule has 0 unspecified atom stereocenters. The molecule has 2 aromatic rings. The zero-order valence-electron chi connectivity index (χ0n) is 14.2. The Balaban J connectivity index is 2.45. The molecule has 25 heavy (non-hydrogen) atoms. The summed E-state index contributed by atoms with van der Waals surface area (Å²) in [5.74, 6) is 2.03. The summed E-state index contributed by atoms with van der Waals surface area (Å²) in [6, 6.07) is 7.23. The molecule has 7 heteroatoms. The van der Waals surface area contributed by atoms with Crippen molar-refractivity contribution in [3.8, 4) is 17.2 Å². The zero-order chi connectivity index (χ0) is 18.7. The van der Waals surface area contributed by atoms with Crippen LogP contribution in [0.3, 0.4) is 0 Å². The topological polar surface area (TPSA) is 44.8 Å².